The minimum atomic E-state index is -4.76. The molecule has 0 amide bonds. The van der Waals surface area contributed by atoms with Crippen molar-refractivity contribution in [3.8, 4) is 0 Å². The Morgan fingerprint density at radius 1 is 0.677 bits per heavy atom. The van der Waals surface area contributed by atoms with Gasteiger partial charge in [0.25, 0.3) is 0 Å². The number of aliphatic carboxylic acids is 1. The molecule has 0 rings (SSSR count). The molecule has 0 aliphatic heterocycles. The molecular formula is C15H38N3O12P. The standard InChI is InChI=1S/3C4H11NO2.C3H5O6P/c3*6-3-1-5-2-4-7;1-2(3(4)5)9-10(6,7)8/h3*5-7H,1-4H2;1H2,(H,4,5)(H2,6,7,8). The average molecular weight is 483 g/mol. The van der Waals surface area contributed by atoms with E-state index in [9.17, 15) is 9.36 Å². The lowest BCUT2D eigenvalue weighted by molar-refractivity contribution is -0.135. The van der Waals surface area contributed by atoms with Gasteiger partial charge in [-0.15, -0.1) is 0 Å². The zero-order valence-electron chi connectivity index (χ0n) is 17.4. The summed E-state index contributed by atoms with van der Waals surface area (Å²) in [6, 6.07) is 0. The summed E-state index contributed by atoms with van der Waals surface area (Å²) in [7, 11) is -4.76. The van der Waals surface area contributed by atoms with Gasteiger partial charge < -0.3 is 56.2 Å². The molecule has 190 valence electrons. The zero-order valence-corrected chi connectivity index (χ0v) is 18.3. The Balaban J connectivity index is -0.000000159. The first-order chi connectivity index (χ1) is 14.6. The van der Waals surface area contributed by atoms with Gasteiger partial charge in [-0.1, -0.05) is 0 Å². The Labute approximate surface area is 181 Å². The lowest BCUT2D eigenvalue weighted by Crippen LogP contribution is -2.21. The van der Waals surface area contributed by atoms with Gasteiger partial charge in [-0.05, 0) is 6.58 Å². The second kappa shape index (κ2) is 31.0. The molecule has 0 heterocycles. The molecule has 0 aromatic rings. The van der Waals surface area contributed by atoms with Crippen molar-refractivity contribution < 1.29 is 59.4 Å². The molecule has 0 aromatic carbocycles. The molecule has 0 aromatic heterocycles. The lowest BCUT2D eigenvalue weighted by atomic mass is 10.6. The highest BCUT2D eigenvalue weighted by Crippen LogP contribution is 2.38. The van der Waals surface area contributed by atoms with Crippen LogP contribution in [-0.2, 0) is 13.9 Å². The van der Waals surface area contributed by atoms with E-state index in [1.165, 1.54) is 0 Å². The third-order valence-electron chi connectivity index (χ3n) is 2.20. The average Bonchev–Trinajstić information content (AvgIpc) is 2.69. The fraction of sp³-hybridized carbons (Fsp3) is 0.800. The van der Waals surface area contributed by atoms with Crippen molar-refractivity contribution in [2.75, 3.05) is 78.9 Å². The van der Waals surface area contributed by atoms with Gasteiger partial charge in [-0.25, -0.2) is 9.36 Å². The number of hydrogen-bond acceptors (Lipinski definition) is 12. The third kappa shape index (κ3) is 52.8. The number of nitrogens with one attached hydrogen (secondary N) is 3. The quantitative estimate of drug-likeness (QED) is 0.0452. The van der Waals surface area contributed by atoms with Gasteiger partial charge in [0.15, 0.2) is 0 Å². The van der Waals surface area contributed by atoms with Gasteiger partial charge in [0.1, 0.15) is 0 Å². The van der Waals surface area contributed by atoms with Crippen molar-refractivity contribution in [2.24, 2.45) is 0 Å². The predicted molar refractivity (Wildman–Crippen MR) is 111 cm³/mol. The molecule has 31 heavy (non-hydrogen) atoms. The van der Waals surface area contributed by atoms with Crippen LogP contribution in [0.1, 0.15) is 0 Å². The molecule has 0 saturated carbocycles. The summed E-state index contributed by atoms with van der Waals surface area (Å²) in [5.41, 5.74) is 0. The molecule has 0 fully saturated rings. The maximum Gasteiger partial charge on any atom is 0.525 e. The van der Waals surface area contributed by atoms with E-state index in [1.54, 1.807) is 0 Å². The molecule has 0 spiro atoms. The Morgan fingerprint density at radius 2 is 0.903 bits per heavy atom. The molecule has 0 radical (unpaired) electrons. The van der Waals surface area contributed by atoms with Crippen molar-refractivity contribution >= 4 is 13.8 Å². The molecule has 15 nitrogen and oxygen atoms in total. The number of carboxylic acid groups (broad SMARTS) is 1. The molecule has 12 N–H and O–H groups in total. The number of phosphoric acid groups is 1. The topological polar surface area (TPSA) is 262 Å². The Morgan fingerprint density at radius 3 is 1.00 bits per heavy atom. The van der Waals surface area contributed by atoms with Gasteiger partial charge in [-0.2, -0.15) is 0 Å². The summed E-state index contributed by atoms with van der Waals surface area (Å²) in [5, 5.41) is 65.2. The van der Waals surface area contributed by atoms with E-state index in [4.69, 9.17) is 45.5 Å². The van der Waals surface area contributed by atoms with Crippen LogP contribution in [0.25, 0.3) is 0 Å². The van der Waals surface area contributed by atoms with Crippen LogP contribution >= 0.6 is 7.82 Å². The lowest BCUT2D eigenvalue weighted by Gasteiger charge is -2.03. The van der Waals surface area contributed by atoms with Crippen LogP contribution in [0.15, 0.2) is 12.3 Å². The summed E-state index contributed by atoms with van der Waals surface area (Å²) in [6.45, 7) is 6.98. The van der Waals surface area contributed by atoms with Crippen LogP contribution < -0.4 is 16.0 Å². The highest BCUT2D eigenvalue weighted by Gasteiger charge is 2.19. The zero-order chi connectivity index (χ0) is 25.0. The normalized spacial score (nSPS) is 9.81. The van der Waals surface area contributed by atoms with Gasteiger partial charge in [0, 0.05) is 39.3 Å². The van der Waals surface area contributed by atoms with E-state index in [0.29, 0.717) is 39.3 Å². The molecule has 16 heteroatoms. The smallest absolute Gasteiger partial charge is 0.475 e. The number of carboxylic acids is 1. The molecule has 0 atom stereocenters. The largest absolute Gasteiger partial charge is 0.525 e. The number of phosphoric ester groups is 1. The SMILES string of the molecule is C=C(OP(=O)(O)O)C(=O)O.OCCNCCO.OCCNCCO.OCCNCCO. The maximum atomic E-state index is 9.89. The van der Waals surface area contributed by atoms with Crippen LogP contribution in [0.4, 0.5) is 0 Å². The first-order valence-corrected chi connectivity index (χ1v) is 10.5. The Hall–Kier alpha value is -1.20. The van der Waals surface area contributed by atoms with Gasteiger partial charge in [0.2, 0.25) is 5.76 Å². The first-order valence-electron chi connectivity index (χ1n) is 9.02. The van der Waals surface area contributed by atoms with Crippen molar-refractivity contribution in [3.05, 3.63) is 12.3 Å². The summed E-state index contributed by atoms with van der Waals surface area (Å²) in [4.78, 5) is 25.8. The fourth-order valence-electron chi connectivity index (χ4n) is 1.03. The second-order valence-corrected chi connectivity index (χ2v) is 6.07. The van der Waals surface area contributed by atoms with Gasteiger partial charge in [-0.3, -0.25) is 9.79 Å². The van der Waals surface area contributed by atoms with Crippen molar-refractivity contribution in [2.45, 2.75) is 0 Å². The third-order valence-corrected chi connectivity index (χ3v) is 2.66. The van der Waals surface area contributed by atoms with E-state index >= 15 is 0 Å². The first kappa shape index (κ1) is 37.1. The van der Waals surface area contributed by atoms with Crippen LogP contribution in [0.5, 0.6) is 0 Å². The number of aliphatic hydroxyl groups is 6. The van der Waals surface area contributed by atoms with E-state index in [0.717, 1.165) is 0 Å². The van der Waals surface area contributed by atoms with Crippen molar-refractivity contribution in [3.63, 3.8) is 0 Å². The molecule has 0 unspecified atom stereocenters. The highest BCUT2D eigenvalue weighted by molar-refractivity contribution is 7.46. The Bertz CT molecular complexity index is 390. The fourth-order valence-corrected chi connectivity index (χ4v) is 1.40. The monoisotopic (exact) mass is 483 g/mol. The molecule has 0 aliphatic carbocycles. The van der Waals surface area contributed by atoms with Crippen LogP contribution in [-0.4, -0.2) is 130 Å². The number of hydrogen-bond donors (Lipinski definition) is 12. The maximum absolute atomic E-state index is 9.89. The van der Waals surface area contributed by atoms with Crippen molar-refractivity contribution in [1.82, 2.24) is 16.0 Å². The minimum absolute atomic E-state index is 0.139. The molecule has 0 saturated heterocycles. The second-order valence-electron chi connectivity index (χ2n) is 4.90. The van der Waals surface area contributed by atoms with Crippen LogP contribution in [0.3, 0.4) is 0 Å². The van der Waals surface area contributed by atoms with E-state index in [-0.39, 0.29) is 39.6 Å². The highest BCUT2D eigenvalue weighted by atomic mass is 31.2. The van der Waals surface area contributed by atoms with Crippen molar-refractivity contribution in [1.29, 1.82) is 0 Å². The van der Waals surface area contributed by atoms with E-state index in [2.05, 4.69) is 27.1 Å². The molecular weight excluding hydrogens is 445 g/mol. The van der Waals surface area contributed by atoms with Crippen LogP contribution in [0, 0.1) is 0 Å². The molecule has 0 aliphatic rings. The predicted octanol–water partition coefficient (Wildman–Crippen LogP) is -4.62. The minimum Gasteiger partial charge on any atom is -0.475 e. The number of carbonyl (C=O) groups is 1. The Kier molecular flexibility index (Phi) is 37.1. The number of rotatable bonds is 15. The molecule has 0 bridgehead atoms. The van der Waals surface area contributed by atoms with Gasteiger partial charge in [0.05, 0.1) is 39.6 Å². The van der Waals surface area contributed by atoms with E-state index < -0.39 is 19.6 Å². The van der Waals surface area contributed by atoms with Crippen LogP contribution in [0.2, 0.25) is 0 Å². The van der Waals surface area contributed by atoms with Gasteiger partial charge >= 0.3 is 13.8 Å². The summed E-state index contributed by atoms with van der Waals surface area (Å²) < 4.78 is 13.5. The number of aliphatic hydroxyl groups excluding tert-OH is 6. The summed E-state index contributed by atoms with van der Waals surface area (Å²) >= 11 is 0. The van der Waals surface area contributed by atoms with E-state index in [1.807, 2.05) is 0 Å². The summed E-state index contributed by atoms with van der Waals surface area (Å²) in [5.74, 6) is -2.59. The summed E-state index contributed by atoms with van der Waals surface area (Å²) in [6.07, 6.45) is 0.